The van der Waals surface area contributed by atoms with Crippen molar-refractivity contribution in [3.8, 4) is 0 Å². The molecule has 0 saturated heterocycles. The van der Waals surface area contributed by atoms with E-state index in [0.29, 0.717) is 18.0 Å². The summed E-state index contributed by atoms with van der Waals surface area (Å²) in [4.78, 5) is 0.364. The van der Waals surface area contributed by atoms with Crippen molar-refractivity contribution in [2.24, 2.45) is 0 Å². The molecule has 0 unspecified atom stereocenters. The van der Waals surface area contributed by atoms with Crippen LogP contribution in [-0.4, -0.2) is 24.7 Å². The maximum Gasteiger partial charge on any atom is 0.240 e. The molecule has 0 aliphatic heterocycles. The van der Waals surface area contributed by atoms with Gasteiger partial charge in [0.1, 0.15) is 0 Å². The fourth-order valence-electron chi connectivity index (χ4n) is 3.09. The quantitative estimate of drug-likeness (QED) is 0.913. The summed E-state index contributed by atoms with van der Waals surface area (Å²) in [7, 11) is -3.46. The van der Waals surface area contributed by atoms with E-state index in [4.69, 9.17) is 0 Å². The topological polar surface area (TPSA) is 64.0 Å². The van der Waals surface area contributed by atoms with E-state index in [1.54, 1.807) is 6.07 Å². The molecule has 1 heterocycles. The van der Waals surface area contributed by atoms with Crippen LogP contribution in [0, 0.1) is 20.8 Å². The lowest BCUT2D eigenvalue weighted by Crippen LogP contribution is -2.28. The van der Waals surface area contributed by atoms with Gasteiger partial charge in [-0.2, -0.15) is 5.10 Å². The lowest BCUT2D eigenvalue weighted by molar-refractivity contribution is 0.554. The van der Waals surface area contributed by atoms with Crippen molar-refractivity contribution in [2.45, 2.75) is 51.5 Å². The largest absolute Gasteiger partial charge is 0.268 e. The molecule has 1 aliphatic carbocycles. The molecule has 1 aliphatic rings. The highest BCUT2D eigenvalue weighted by Crippen LogP contribution is 2.24. The Hall–Kier alpha value is -1.66. The molecule has 1 aromatic heterocycles. The normalized spacial score (nSPS) is 14.2. The van der Waals surface area contributed by atoms with E-state index in [2.05, 4.69) is 9.82 Å². The van der Waals surface area contributed by atoms with Gasteiger partial charge in [-0.1, -0.05) is 6.07 Å². The predicted octanol–water partition coefficient (Wildman–Crippen LogP) is 2.28. The summed E-state index contributed by atoms with van der Waals surface area (Å²) in [6.07, 6.45) is 3.15. The molecular weight excluding hydrogens is 310 g/mol. The van der Waals surface area contributed by atoms with Gasteiger partial charge in [-0.15, -0.1) is 0 Å². The highest BCUT2D eigenvalue weighted by Gasteiger charge is 2.18. The van der Waals surface area contributed by atoms with Crippen molar-refractivity contribution in [2.75, 3.05) is 6.54 Å². The van der Waals surface area contributed by atoms with Gasteiger partial charge in [-0.25, -0.2) is 13.1 Å². The number of aryl methyl sites for hydroxylation is 3. The molecule has 3 rings (SSSR count). The number of aromatic nitrogens is 2. The third-order valence-electron chi connectivity index (χ3n) is 4.74. The molecule has 0 atom stereocenters. The maximum atomic E-state index is 12.4. The Morgan fingerprint density at radius 3 is 2.61 bits per heavy atom. The Balaban J connectivity index is 1.68. The van der Waals surface area contributed by atoms with E-state index >= 15 is 0 Å². The molecule has 1 N–H and O–H groups in total. The number of sulfonamides is 1. The van der Waals surface area contributed by atoms with Gasteiger partial charge in [0.25, 0.3) is 0 Å². The van der Waals surface area contributed by atoms with E-state index in [1.807, 2.05) is 37.6 Å². The Morgan fingerprint density at radius 1 is 1.17 bits per heavy atom. The van der Waals surface area contributed by atoms with Crippen LogP contribution in [0.15, 0.2) is 23.1 Å². The first-order valence-electron chi connectivity index (χ1n) is 8.00. The molecule has 5 nitrogen and oxygen atoms in total. The zero-order valence-corrected chi connectivity index (χ0v) is 14.7. The Morgan fingerprint density at radius 2 is 1.91 bits per heavy atom. The molecule has 124 valence electrons. The third-order valence-corrected chi connectivity index (χ3v) is 6.20. The number of nitrogens with one attached hydrogen (secondary N) is 1. The number of hydrogen-bond donors (Lipinski definition) is 1. The monoisotopic (exact) mass is 333 g/mol. The van der Waals surface area contributed by atoms with Crippen LogP contribution in [0.1, 0.15) is 34.5 Å². The number of benzene rings is 1. The fraction of sp³-hybridized carbons (Fsp3) is 0.471. The van der Waals surface area contributed by atoms with Crippen LogP contribution in [-0.2, 0) is 29.4 Å². The molecule has 0 radical (unpaired) electrons. The summed E-state index contributed by atoms with van der Waals surface area (Å²) < 4.78 is 29.4. The highest BCUT2D eigenvalue weighted by atomic mass is 32.2. The molecule has 6 heteroatoms. The van der Waals surface area contributed by atoms with E-state index in [1.165, 1.54) is 11.1 Å². The molecule has 1 aromatic carbocycles. The summed E-state index contributed by atoms with van der Waals surface area (Å²) in [5.74, 6) is 0. The summed E-state index contributed by atoms with van der Waals surface area (Å²) in [6, 6.07) is 5.47. The van der Waals surface area contributed by atoms with Crippen LogP contribution >= 0.6 is 0 Å². The van der Waals surface area contributed by atoms with Crippen molar-refractivity contribution < 1.29 is 8.42 Å². The van der Waals surface area contributed by atoms with Gasteiger partial charge in [0, 0.05) is 12.2 Å². The molecule has 0 bridgehead atoms. The number of hydrogen-bond acceptors (Lipinski definition) is 3. The predicted molar refractivity (Wildman–Crippen MR) is 90.1 cm³/mol. The van der Waals surface area contributed by atoms with E-state index < -0.39 is 10.0 Å². The van der Waals surface area contributed by atoms with Crippen molar-refractivity contribution in [3.63, 3.8) is 0 Å². The van der Waals surface area contributed by atoms with Crippen LogP contribution in [0.2, 0.25) is 0 Å². The number of nitrogens with zero attached hydrogens (tertiary/aromatic N) is 2. The van der Waals surface area contributed by atoms with Crippen LogP contribution < -0.4 is 4.72 Å². The molecule has 2 aromatic rings. The SMILES string of the molecule is Cc1nn(CCNS(=O)(=O)c2ccc3c(c2)CCC3)c(C)c1C. The van der Waals surface area contributed by atoms with Gasteiger partial charge in [0.15, 0.2) is 0 Å². The summed E-state index contributed by atoms with van der Waals surface area (Å²) >= 11 is 0. The maximum absolute atomic E-state index is 12.4. The van der Waals surface area contributed by atoms with Gasteiger partial charge >= 0.3 is 0 Å². The summed E-state index contributed by atoms with van der Waals surface area (Å²) in [5, 5.41) is 4.43. The molecular formula is C17H23N3O2S. The minimum absolute atomic E-state index is 0.334. The lowest BCUT2D eigenvalue weighted by atomic mass is 10.1. The van der Waals surface area contributed by atoms with Gasteiger partial charge in [-0.3, -0.25) is 4.68 Å². The Bertz CT molecular complexity index is 838. The van der Waals surface area contributed by atoms with Crippen LogP contribution in [0.3, 0.4) is 0 Å². The zero-order valence-electron chi connectivity index (χ0n) is 13.9. The lowest BCUT2D eigenvalue weighted by Gasteiger charge is -2.09. The van der Waals surface area contributed by atoms with E-state index in [-0.39, 0.29) is 0 Å². The summed E-state index contributed by atoms with van der Waals surface area (Å²) in [5.41, 5.74) is 5.68. The van der Waals surface area contributed by atoms with Crippen molar-refractivity contribution in [1.29, 1.82) is 0 Å². The van der Waals surface area contributed by atoms with Crippen LogP contribution in [0.5, 0.6) is 0 Å². The van der Waals surface area contributed by atoms with E-state index in [9.17, 15) is 8.42 Å². The third kappa shape index (κ3) is 3.19. The van der Waals surface area contributed by atoms with E-state index in [0.717, 1.165) is 36.2 Å². The second kappa shape index (κ2) is 6.09. The standard InChI is InChI=1S/C17H23N3O2S/c1-12-13(2)19-20(14(12)3)10-9-18-23(21,22)17-8-7-15-5-4-6-16(15)11-17/h7-8,11,18H,4-6,9-10H2,1-3H3. The zero-order chi connectivity index (χ0) is 16.6. The summed E-state index contributed by atoms with van der Waals surface area (Å²) in [6.45, 7) is 6.87. The second-order valence-electron chi connectivity index (χ2n) is 6.20. The molecule has 23 heavy (non-hydrogen) atoms. The average molecular weight is 333 g/mol. The van der Waals surface area contributed by atoms with Crippen LogP contribution in [0.4, 0.5) is 0 Å². The van der Waals surface area contributed by atoms with Gasteiger partial charge in [0.2, 0.25) is 10.0 Å². The van der Waals surface area contributed by atoms with Crippen molar-refractivity contribution in [3.05, 3.63) is 46.3 Å². The first-order chi connectivity index (χ1) is 10.9. The second-order valence-corrected chi connectivity index (χ2v) is 7.97. The molecule has 0 amide bonds. The molecule has 0 spiro atoms. The minimum atomic E-state index is -3.46. The first-order valence-corrected chi connectivity index (χ1v) is 9.49. The Labute approximate surface area is 137 Å². The Kier molecular flexibility index (Phi) is 4.29. The highest BCUT2D eigenvalue weighted by molar-refractivity contribution is 7.89. The number of fused-ring (bicyclic) bond motifs is 1. The average Bonchev–Trinajstić information content (AvgIpc) is 3.07. The number of rotatable bonds is 5. The van der Waals surface area contributed by atoms with Crippen molar-refractivity contribution >= 4 is 10.0 Å². The smallest absolute Gasteiger partial charge is 0.240 e. The van der Waals surface area contributed by atoms with Crippen LogP contribution in [0.25, 0.3) is 0 Å². The first kappa shape index (κ1) is 16.2. The molecule has 0 saturated carbocycles. The van der Waals surface area contributed by atoms with Gasteiger partial charge in [-0.05, 0) is 68.9 Å². The fourth-order valence-corrected chi connectivity index (χ4v) is 4.16. The van der Waals surface area contributed by atoms with Gasteiger partial charge in [0.05, 0.1) is 17.1 Å². The molecule has 0 fully saturated rings. The van der Waals surface area contributed by atoms with Gasteiger partial charge < -0.3 is 0 Å². The minimum Gasteiger partial charge on any atom is -0.268 e. The van der Waals surface area contributed by atoms with Crippen molar-refractivity contribution in [1.82, 2.24) is 14.5 Å².